The first-order valence-corrected chi connectivity index (χ1v) is 5.11. The standard InChI is InChI=1S/C9H16BrN3/c1-9(2,3)11-6-8-7(10)5-12-13(8)4/h5,11H,6H2,1-4H3. The van der Waals surface area contributed by atoms with Crippen LogP contribution in [0.25, 0.3) is 0 Å². The molecule has 0 bridgehead atoms. The highest BCUT2D eigenvalue weighted by Crippen LogP contribution is 2.15. The molecule has 0 aromatic carbocycles. The lowest BCUT2D eigenvalue weighted by Crippen LogP contribution is -2.35. The van der Waals surface area contributed by atoms with Gasteiger partial charge in [0.25, 0.3) is 0 Å². The highest BCUT2D eigenvalue weighted by molar-refractivity contribution is 9.10. The van der Waals surface area contributed by atoms with Crippen LogP contribution in [0.15, 0.2) is 10.7 Å². The van der Waals surface area contributed by atoms with Crippen LogP contribution in [0.5, 0.6) is 0 Å². The summed E-state index contributed by atoms with van der Waals surface area (Å²) >= 11 is 3.46. The fourth-order valence-electron chi connectivity index (χ4n) is 0.984. The lowest BCUT2D eigenvalue weighted by molar-refractivity contribution is 0.415. The molecule has 0 fully saturated rings. The fraction of sp³-hybridized carbons (Fsp3) is 0.667. The molecule has 1 heterocycles. The van der Waals surface area contributed by atoms with Gasteiger partial charge in [-0.1, -0.05) is 0 Å². The van der Waals surface area contributed by atoms with Gasteiger partial charge in [0.05, 0.1) is 16.4 Å². The van der Waals surface area contributed by atoms with Crippen LogP contribution in [0.4, 0.5) is 0 Å². The van der Waals surface area contributed by atoms with Gasteiger partial charge in [0.2, 0.25) is 0 Å². The van der Waals surface area contributed by atoms with Gasteiger partial charge in [-0.3, -0.25) is 4.68 Å². The van der Waals surface area contributed by atoms with Gasteiger partial charge in [-0.05, 0) is 36.7 Å². The lowest BCUT2D eigenvalue weighted by Gasteiger charge is -2.20. The van der Waals surface area contributed by atoms with E-state index in [0.29, 0.717) is 0 Å². The van der Waals surface area contributed by atoms with E-state index in [1.807, 2.05) is 17.9 Å². The molecule has 1 aromatic heterocycles. The number of hydrogen-bond acceptors (Lipinski definition) is 2. The molecule has 3 nitrogen and oxygen atoms in total. The van der Waals surface area contributed by atoms with E-state index in [1.165, 1.54) is 5.69 Å². The number of halogens is 1. The molecular weight excluding hydrogens is 230 g/mol. The summed E-state index contributed by atoms with van der Waals surface area (Å²) in [5.74, 6) is 0. The molecule has 1 rings (SSSR count). The normalized spacial score (nSPS) is 12.1. The first-order chi connectivity index (χ1) is 5.90. The van der Waals surface area contributed by atoms with Gasteiger partial charge in [0.15, 0.2) is 0 Å². The van der Waals surface area contributed by atoms with E-state index < -0.39 is 0 Å². The van der Waals surface area contributed by atoms with Crippen molar-refractivity contribution in [3.05, 3.63) is 16.4 Å². The predicted molar refractivity (Wildman–Crippen MR) is 57.5 cm³/mol. The van der Waals surface area contributed by atoms with E-state index >= 15 is 0 Å². The topological polar surface area (TPSA) is 29.9 Å². The molecule has 1 N–H and O–H groups in total. The SMILES string of the molecule is Cn1ncc(Br)c1CNC(C)(C)C. The zero-order valence-electron chi connectivity index (χ0n) is 8.56. The zero-order valence-corrected chi connectivity index (χ0v) is 10.1. The molecule has 13 heavy (non-hydrogen) atoms. The van der Waals surface area contributed by atoms with Crippen molar-refractivity contribution >= 4 is 15.9 Å². The summed E-state index contributed by atoms with van der Waals surface area (Å²) in [6.07, 6.45) is 1.82. The van der Waals surface area contributed by atoms with Gasteiger partial charge in [-0.2, -0.15) is 5.10 Å². The van der Waals surface area contributed by atoms with E-state index in [-0.39, 0.29) is 5.54 Å². The van der Waals surface area contributed by atoms with Crippen molar-refractivity contribution in [3.63, 3.8) is 0 Å². The summed E-state index contributed by atoms with van der Waals surface area (Å²) in [6, 6.07) is 0. The number of nitrogens with zero attached hydrogens (tertiary/aromatic N) is 2. The van der Waals surface area contributed by atoms with E-state index in [4.69, 9.17) is 0 Å². The third-order valence-corrected chi connectivity index (χ3v) is 2.46. The quantitative estimate of drug-likeness (QED) is 0.865. The van der Waals surface area contributed by atoms with Crippen molar-refractivity contribution in [1.29, 1.82) is 0 Å². The number of aryl methyl sites for hydroxylation is 1. The monoisotopic (exact) mass is 245 g/mol. The Bertz CT molecular complexity index is 266. The highest BCUT2D eigenvalue weighted by atomic mass is 79.9. The molecule has 74 valence electrons. The van der Waals surface area contributed by atoms with Gasteiger partial charge in [-0.25, -0.2) is 0 Å². The number of hydrogen-bond donors (Lipinski definition) is 1. The van der Waals surface area contributed by atoms with Gasteiger partial charge in [0.1, 0.15) is 0 Å². The van der Waals surface area contributed by atoms with Crippen LogP contribution in [0.1, 0.15) is 26.5 Å². The van der Waals surface area contributed by atoms with E-state index in [0.717, 1.165) is 11.0 Å². The maximum Gasteiger partial charge on any atom is 0.0660 e. The van der Waals surface area contributed by atoms with Gasteiger partial charge in [-0.15, -0.1) is 0 Å². The molecule has 4 heteroatoms. The van der Waals surface area contributed by atoms with Crippen molar-refractivity contribution < 1.29 is 0 Å². The van der Waals surface area contributed by atoms with Crippen LogP contribution in [0.3, 0.4) is 0 Å². The first kappa shape index (κ1) is 10.7. The first-order valence-electron chi connectivity index (χ1n) is 4.31. The second-order valence-corrected chi connectivity index (χ2v) is 5.02. The average molecular weight is 246 g/mol. The van der Waals surface area contributed by atoms with Gasteiger partial charge < -0.3 is 5.32 Å². The molecule has 1 aromatic rings. The van der Waals surface area contributed by atoms with E-state index in [2.05, 4.69) is 47.1 Å². The minimum Gasteiger partial charge on any atom is -0.306 e. The Labute approximate surface area is 87.6 Å². The zero-order chi connectivity index (χ0) is 10.1. The summed E-state index contributed by atoms with van der Waals surface area (Å²) in [7, 11) is 1.95. The van der Waals surface area contributed by atoms with Crippen molar-refractivity contribution in [2.75, 3.05) is 0 Å². The second kappa shape index (κ2) is 3.80. The summed E-state index contributed by atoms with van der Waals surface area (Å²) < 4.78 is 2.94. The van der Waals surface area contributed by atoms with Crippen LogP contribution in [-0.4, -0.2) is 15.3 Å². The predicted octanol–water partition coefficient (Wildman–Crippen LogP) is 2.07. The number of aromatic nitrogens is 2. The van der Waals surface area contributed by atoms with Gasteiger partial charge >= 0.3 is 0 Å². The molecular formula is C9H16BrN3. The van der Waals surface area contributed by atoms with Crippen molar-refractivity contribution in [2.45, 2.75) is 32.9 Å². The Morgan fingerprint density at radius 3 is 2.54 bits per heavy atom. The van der Waals surface area contributed by atoms with Crippen LogP contribution in [-0.2, 0) is 13.6 Å². The van der Waals surface area contributed by atoms with Crippen LogP contribution < -0.4 is 5.32 Å². The molecule has 0 saturated carbocycles. The van der Waals surface area contributed by atoms with E-state index in [9.17, 15) is 0 Å². The average Bonchev–Trinajstić information content (AvgIpc) is 2.27. The Kier molecular flexibility index (Phi) is 3.14. The van der Waals surface area contributed by atoms with Crippen LogP contribution in [0.2, 0.25) is 0 Å². The number of rotatable bonds is 2. The number of nitrogens with one attached hydrogen (secondary N) is 1. The molecule has 0 aliphatic carbocycles. The second-order valence-electron chi connectivity index (χ2n) is 4.17. The molecule has 0 aliphatic heterocycles. The highest BCUT2D eigenvalue weighted by Gasteiger charge is 2.11. The van der Waals surface area contributed by atoms with Crippen molar-refractivity contribution in [3.8, 4) is 0 Å². The Morgan fingerprint density at radius 2 is 2.15 bits per heavy atom. The van der Waals surface area contributed by atoms with Crippen LogP contribution in [0, 0.1) is 0 Å². The molecule has 0 atom stereocenters. The summed E-state index contributed by atoms with van der Waals surface area (Å²) in [6.45, 7) is 7.28. The Morgan fingerprint density at radius 1 is 1.54 bits per heavy atom. The molecule has 0 spiro atoms. The molecule has 0 radical (unpaired) electrons. The minimum absolute atomic E-state index is 0.143. The molecule has 0 saturated heterocycles. The molecule has 0 aliphatic rings. The lowest BCUT2D eigenvalue weighted by atomic mass is 10.1. The third kappa shape index (κ3) is 3.12. The summed E-state index contributed by atoms with van der Waals surface area (Å²) in [5, 5.41) is 7.56. The Hall–Kier alpha value is -0.350. The molecule has 0 unspecified atom stereocenters. The van der Waals surface area contributed by atoms with Gasteiger partial charge in [0, 0.05) is 19.1 Å². The summed E-state index contributed by atoms with van der Waals surface area (Å²) in [5.41, 5.74) is 1.32. The Balaban J connectivity index is 2.64. The smallest absolute Gasteiger partial charge is 0.0660 e. The maximum atomic E-state index is 4.15. The largest absolute Gasteiger partial charge is 0.306 e. The molecule has 0 amide bonds. The van der Waals surface area contributed by atoms with E-state index in [1.54, 1.807) is 0 Å². The van der Waals surface area contributed by atoms with Crippen molar-refractivity contribution in [1.82, 2.24) is 15.1 Å². The van der Waals surface area contributed by atoms with Crippen LogP contribution >= 0.6 is 15.9 Å². The fourth-order valence-corrected chi connectivity index (χ4v) is 1.47. The maximum absolute atomic E-state index is 4.15. The third-order valence-electron chi connectivity index (χ3n) is 1.80. The summed E-state index contributed by atoms with van der Waals surface area (Å²) in [4.78, 5) is 0. The minimum atomic E-state index is 0.143. The van der Waals surface area contributed by atoms with Crippen molar-refractivity contribution in [2.24, 2.45) is 7.05 Å².